The third kappa shape index (κ3) is 3.48. The first-order valence-electron chi connectivity index (χ1n) is 10.7. The summed E-state index contributed by atoms with van der Waals surface area (Å²) in [4.78, 5) is 11.2. The highest BCUT2D eigenvalue weighted by molar-refractivity contribution is 5.82. The number of allylic oxidation sites excluding steroid dienone is 1. The van der Waals surface area contributed by atoms with Crippen molar-refractivity contribution in [1.29, 1.82) is 0 Å². The van der Waals surface area contributed by atoms with Crippen molar-refractivity contribution in [2.45, 2.75) is 24.8 Å². The molecule has 2 aliphatic heterocycles. The van der Waals surface area contributed by atoms with Gasteiger partial charge in [-0.15, -0.1) is 4.59 Å². The second-order valence-corrected chi connectivity index (χ2v) is 8.67. The standard InChI is InChI=1S/C25H28N5O/c1-28(2)19-25(13-6-14-25)29(30-16-15-26-17-22(30)18-27-20-30)21-9-11-24(12-10-21)31-23-7-4-3-5-8-23/h3-5,7-12,15-18,20H,6,13-14,19H2,1-2H3/q+1. The Morgan fingerprint density at radius 2 is 1.71 bits per heavy atom. The summed E-state index contributed by atoms with van der Waals surface area (Å²) < 4.78 is 6.47. The predicted octanol–water partition coefficient (Wildman–Crippen LogP) is 4.94. The number of benzene rings is 2. The van der Waals surface area contributed by atoms with E-state index in [1.54, 1.807) is 0 Å². The van der Waals surface area contributed by atoms with Crippen LogP contribution in [0.2, 0.25) is 0 Å². The molecule has 0 spiro atoms. The van der Waals surface area contributed by atoms with Gasteiger partial charge in [0, 0.05) is 6.54 Å². The third-order valence-corrected chi connectivity index (χ3v) is 6.19. The molecule has 0 amide bonds. The van der Waals surface area contributed by atoms with Gasteiger partial charge >= 0.3 is 0 Å². The summed E-state index contributed by atoms with van der Waals surface area (Å²) in [5.41, 5.74) is 2.20. The van der Waals surface area contributed by atoms with E-state index in [0.29, 0.717) is 4.59 Å². The Labute approximate surface area is 183 Å². The Balaban J connectivity index is 1.54. The number of ether oxygens (including phenoxy) is 1. The van der Waals surface area contributed by atoms with E-state index in [1.807, 2.05) is 67.4 Å². The molecule has 0 saturated heterocycles. The summed E-state index contributed by atoms with van der Waals surface area (Å²) in [5.74, 6) is 1.66. The molecule has 1 saturated carbocycles. The summed E-state index contributed by atoms with van der Waals surface area (Å²) >= 11 is 0. The Hall–Kier alpha value is -3.22. The molecule has 2 heterocycles. The molecule has 158 valence electrons. The smallest absolute Gasteiger partial charge is 0.225 e. The number of para-hydroxylation sites is 1. The van der Waals surface area contributed by atoms with E-state index in [1.165, 1.54) is 6.42 Å². The van der Waals surface area contributed by atoms with Crippen LogP contribution in [0, 0.1) is 0 Å². The monoisotopic (exact) mass is 414 g/mol. The van der Waals surface area contributed by atoms with Crippen molar-refractivity contribution in [3.63, 3.8) is 0 Å². The van der Waals surface area contributed by atoms with Crippen LogP contribution in [0.5, 0.6) is 11.5 Å². The molecule has 2 aromatic carbocycles. The molecule has 0 N–H and O–H groups in total. The van der Waals surface area contributed by atoms with Crippen LogP contribution in [0.25, 0.3) is 0 Å². The van der Waals surface area contributed by atoms with Crippen molar-refractivity contribution in [1.82, 2.24) is 4.90 Å². The Morgan fingerprint density at radius 1 is 0.968 bits per heavy atom. The highest BCUT2D eigenvalue weighted by Crippen LogP contribution is 2.47. The van der Waals surface area contributed by atoms with Gasteiger partial charge in [0.1, 0.15) is 17.0 Å². The summed E-state index contributed by atoms with van der Waals surface area (Å²) in [6, 6.07) is 18.3. The minimum Gasteiger partial charge on any atom is -0.457 e. The van der Waals surface area contributed by atoms with Crippen molar-refractivity contribution in [2.24, 2.45) is 9.98 Å². The third-order valence-electron chi connectivity index (χ3n) is 6.19. The first-order chi connectivity index (χ1) is 15.1. The molecule has 3 aliphatic rings. The number of hydrogen-bond donors (Lipinski definition) is 0. The molecule has 1 atom stereocenters. The average Bonchev–Trinajstić information content (AvgIpc) is 3.18. The summed E-state index contributed by atoms with van der Waals surface area (Å²) in [7, 11) is 4.30. The van der Waals surface area contributed by atoms with Crippen LogP contribution in [0.15, 0.2) is 88.9 Å². The molecule has 1 fully saturated rings. The number of fused-ring (bicyclic) bond motifs is 1. The second-order valence-electron chi connectivity index (χ2n) is 8.67. The van der Waals surface area contributed by atoms with Gasteiger partial charge in [-0.1, -0.05) is 18.2 Å². The van der Waals surface area contributed by atoms with E-state index in [-0.39, 0.29) is 5.54 Å². The molecule has 1 unspecified atom stereocenters. The maximum absolute atomic E-state index is 6.03. The molecule has 0 radical (unpaired) electrons. The lowest BCUT2D eigenvalue weighted by molar-refractivity contribution is -0.751. The molecule has 1 aliphatic carbocycles. The average molecular weight is 415 g/mol. The first kappa shape index (κ1) is 19.7. The number of nitrogens with zero attached hydrogens (tertiary/aromatic N) is 5. The van der Waals surface area contributed by atoms with Crippen LogP contribution in [0.4, 0.5) is 5.69 Å². The highest BCUT2D eigenvalue weighted by atomic mass is 16.5. The zero-order valence-corrected chi connectivity index (χ0v) is 18.1. The van der Waals surface area contributed by atoms with E-state index in [4.69, 9.17) is 4.74 Å². The number of quaternary nitrogens is 1. The van der Waals surface area contributed by atoms with E-state index in [2.05, 4.69) is 52.3 Å². The van der Waals surface area contributed by atoms with Crippen LogP contribution >= 0.6 is 0 Å². The minimum absolute atomic E-state index is 0.0102. The largest absolute Gasteiger partial charge is 0.457 e. The highest BCUT2D eigenvalue weighted by Gasteiger charge is 2.55. The lowest BCUT2D eigenvalue weighted by Crippen LogP contribution is -2.70. The van der Waals surface area contributed by atoms with Crippen molar-refractivity contribution in [3.8, 4) is 11.5 Å². The van der Waals surface area contributed by atoms with Crippen LogP contribution in [0.1, 0.15) is 19.3 Å². The maximum Gasteiger partial charge on any atom is 0.225 e. The Bertz CT molecular complexity index is 1050. The van der Waals surface area contributed by atoms with Gasteiger partial charge in [-0.3, -0.25) is 4.99 Å². The SMILES string of the molecule is CN(C)CC1(N(c2ccc(Oc3ccccc3)cc2)[N+]23C=CN=CC2=CN=C3)CCC1. The van der Waals surface area contributed by atoms with E-state index in [0.717, 1.165) is 42.3 Å². The van der Waals surface area contributed by atoms with Crippen molar-refractivity contribution in [3.05, 3.63) is 78.9 Å². The number of aliphatic imine (C=N–C) groups is 2. The molecule has 2 aromatic rings. The van der Waals surface area contributed by atoms with E-state index in [9.17, 15) is 0 Å². The van der Waals surface area contributed by atoms with Crippen LogP contribution in [-0.2, 0) is 0 Å². The lowest BCUT2D eigenvalue weighted by atomic mass is 9.75. The van der Waals surface area contributed by atoms with Gasteiger partial charge in [-0.2, -0.15) is 0 Å². The van der Waals surface area contributed by atoms with Gasteiger partial charge in [0.05, 0.1) is 24.3 Å². The van der Waals surface area contributed by atoms with Gasteiger partial charge in [0.15, 0.2) is 6.20 Å². The van der Waals surface area contributed by atoms with E-state index >= 15 is 0 Å². The van der Waals surface area contributed by atoms with Gasteiger partial charge in [0.2, 0.25) is 12.0 Å². The molecule has 0 bridgehead atoms. The predicted molar refractivity (Wildman–Crippen MR) is 125 cm³/mol. The quantitative estimate of drug-likeness (QED) is 0.603. The lowest BCUT2D eigenvalue weighted by Gasteiger charge is -2.55. The van der Waals surface area contributed by atoms with Gasteiger partial charge in [-0.25, -0.2) is 10.0 Å². The first-order valence-corrected chi connectivity index (χ1v) is 10.7. The number of likely N-dealkylation sites (N-methyl/N-ethyl adjacent to an activating group) is 1. The zero-order chi connectivity index (χ0) is 21.3. The molecule has 31 heavy (non-hydrogen) atoms. The molecule has 5 rings (SSSR count). The van der Waals surface area contributed by atoms with Gasteiger partial charge in [0.25, 0.3) is 0 Å². The second kappa shape index (κ2) is 7.80. The number of anilines is 1. The molecular formula is C25H28N5O+. The minimum atomic E-state index is 0.0102. The number of hydrogen-bond acceptors (Lipinski definition) is 5. The van der Waals surface area contributed by atoms with Crippen LogP contribution in [-0.4, -0.2) is 48.2 Å². The fraction of sp³-hybridized carbons (Fsp3) is 0.280. The Morgan fingerprint density at radius 3 is 2.39 bits per heavy atom. The van der Waals surface area contributed by atoms with Crippen molar-refractivity contribution < 1.29 is 9.33 Å². The van der Waals surface area contributed by atoms with Gasteiger partial charge < -0.3 is 9.64 Å². The molecular weight excluding hydrogens is 386 g/mol. The fourth-order valence-corrected chi connectivity index (χ4v) is 4.82. The normalized spacial score (nSPS) is 22.7. The summed E-state index contributed by atoms with van der Waals surface area (Å²) in [6.45, 7) is 0.974. The van der Waals surface area contributed by atoms with E-state index < -0.39 is 0 Å². The molecule has 6 heteroatoms. The zero-order valence-electron chi connectivity index (χ0n) is 18.1. The summed E-state index contributed by atoms with van der Waals surface area (Å²) in [6.07, 6.45) is 13.3. The number of rotatable bonds is 7. The van der Waals surface area contributed by atoms with Gasteiger partial charge in [-0.05, 0) is 69.8 Å². The maximum atomic E-state index is 6.03. The van der Waals surface area contributed by atoms with Crippen molar-refractivity contribution in [2.75, 3.05) is 25.6 Å². The van der Waals surface area contributed by atoms with Crippen molar-refractivity contribution >= 4 is 18.2 Å². The molecule has 0 aromatic heterocycles. The topological polar surface area (TPSA) is 40.4 Å². The Kier molecular flexibility index (Phi) is 4.96. The van der Waals surface area contributed by atoms with Crippen LogP contribution in [0.3, 0.4) is 0 Å². The summed E-state index contributed by atoms with van der Waals surface area (Å²) in [5, 5.41) is 2.51. The fourth-order valence-electron chi connectivity index (χ4n) is 4.82. The van der Waals surface area contributed by atoms with Crippen LogP contribution < -0.4 is 9.75 Å². The molecule has 6 nitrogen and oxygen atoms in total.